The third-order valence-corrected chi connectivity index (χ3v) is 4.77. The minimum Gasteiger partial charge on any atom is -0.481 e. The zero-order valence-corrected chi connectivity index (χ0v) is 19.6. The summed E-state index contributed by atoms with van der Waals surface area (Å²) in [5.41, 5.74) is 0.787. The number of nitrogens with one attached hydrogen (secondary N) is 2. The van der Waals surface area contributed by atoms with Crippen LogP contribution in [0.4, 0.5) is 18.0 Å². The van der Waals surface area contributed by atoms with Gasteiger partial charge in [0.05, 0.1) is 18.5 Å². The normalized spacial score (nSPS) is 13.2. The van der Waals surface area contributed by atoms with Crippen LogP contribution in [0.2, 0.25) is 0 Å². The van der Waals surface area contributed by atoms with Gasteiger partial charge in [0, 0.05) is 6.42 Å². The quantitative estimate of drug-likeness (QED) is 0.293. The van der Waals surface area contributed by atoms with Crippen LogP contribution in [0.5, 0.6) is 0 Å². The molecule has 0 bridgehead atoms. The van der Waals surface area contributed by atoms with Crippen molar-refractivity contribution in [3.8, 4) is 0 Å². The number of aliphatic carboxylic acids is 1. The fourth-order valence-electron chi connectivity index (χ4n) is 3.05. The molecule has 0 saturated heterocycles. The van der Waals surface area contributed by atoms with E-state index in [9.17, 15) is 32.3 Å². The third-order valence-electron chi connectivity index (χ3n) is 4.77. The van der Waals surface area contributed by atoms with E-state index < -0.39 is 55.7 Å². The summed E-state index contributed by atoms with van der Waals surface area (Å²) in [6.07, 6.45) is -5.79. The molecule has 0 spiro atoms. The van der Waals surface area contributed by atoms with Crippen LogP contribution < -0.4 is 10.6 Å². The van der Waals surface area contributed by atoms with E-state index in [0.29, 0.717) is 0 Å². The van der Waals surface area contributed by atoms with Crippen LogP contribution in [0.3, 0.4) is 0 Å². The van der Waals surface area contributed by atoms with Crippen LogP contribution in [-0.4, -0.2) is 66.8 Å². The Balaban J connectivity index is 2.49. The van der Waals surface area contributed by atoms with E-state index in [-0.39, 0.29) is 37.7 Å². The fourth-order valence-corrected chi connectivity index (χ4v) is 3.05. The third kappa shape index (κ3) is 13.5. The monoisotopic (exact) mass is 504 g/mol. The Hall–Kier alpha value is -2.99. The average molecular weight is 505 g/mol. The average Bonchev–Trinajstić information content (AvgIpc) is 2.77. The highest BCUT2D eigenvalue weighted by Gasteiger charge is 2.29. The summed E-state index contributed by atoms with van der Waals surface area (Å²) in [6, 6.07) is 6.93. The number of benzene rings is 1. The van der Waals surface area contributed by atoms with E-state index in [2.05, 4.69) is 15.4 Å². The first-order valence-electron chi connectivity index (χ1n) is 11.0. The standard InChI is InChI=1S/C23H31F3N2O7/c1-15(2)21(28-22(33)35-12-16-7-4-3-5-8-16)18(29)9-6-10-27-17(11-20(31)32)19(30)13-34-14-23(24,25)26/h3-5,7-8,15,17,21,27H,6,9-14H2,1-2H3,(H,28,33)(H,31,32)/t17-,21-/m0/s1. The molecule has 0 saturated carbocycles. The summed E-state index contributed by atoms with van der Waals surface area (Å²) in [6.45, 7) is 1.08. The van der Waals surface area contributed by atoms with Crippen molar-refractivity contribution in [3.05, 3.63) is 35.9 Å². The zero-order valence-electron chi connectivity index (χ0n) is 19.6. The molecule has 2 atom stereocenters. The highest BCUT2D eigenvalue weighted by atomic mass is 19.4. The summed E-state index contributed by atoms with van der Waals surface area (Å²) in [5, 5.41) is 14.1. The number of carboxylic acid groups (broad SMARTS) is 1. The van der Waals surface area contributed by atoms with E-state index in [1.165, 1.54) is 0 Å². The van der Waals surface area contributed by atoms with Crippen molar-refractivity contribution in [3.63, 3.8) is 0 Å². The number of carbonyl (C=O) groups excluding carboxylic acids is 3. The summed E-state index contributed by atoms with van der Waals surface area (Å²) < 4.78 is 45.9. The first-order chi connectivity index (χ1) is 16.4. The second kappa shape index (κ2) is 15.1. The van der Waals surface area contributed by atoms with E-state index in [1.807, 2.05) is 6.07 Å². The van der Waals surface area contributed by atoms with E-state index in [1.54, 1.807) is 38.1 Å². The first kappa shape index (κ1) is 30.0. The van der Waals surface area contributed by atoms with Gasteiger partial charge in [-0.25, -0.2) is 4.79 Å². The Morgan fingerprint density at radius 2 is 1.71 bits per heavy atom. The van der Waals surface area contributed by atoms with Gasteiger partial charge >= 0.3 is 18.2 Å². The molecular weight excluding hydrogens is 473 g/mol. The molecule has 0 heterocycles. The lowest BCUT2D eigenvalue weighted by atomic mass is 9.97. The number of carboxylic acids is 1. The molecule has 0 unspecified atom stereocenters. The van der Waals surface area contributed by atoms with E-state index >= 15 is 0 Å². The Bertz CT molecular complexity index is 832. The zero-order chi connectivity index (χ0) is 26.4. The minimum atomic E-state index is -4.61. The molecule has 0 fully saturated rings. The lowest BCUT2D eigenvalue weighted by Gasteiger charge is -2.21. The summed E-state index contributed by atoms with van der Waals surface area (Å²) in [4.78, 5) is 47.7. The maximum Gasteiger partial charge on any atom is 0.411 e. The van der Waals surface area contributed by atoms with Gasteiger partial charge in [-0.05, 0) is 24.4 Å². The Labute approximate surface area is 201 Å². The van der Waals surface area contributed by atoms with Crippen molar-refractivity contribution < 1.29 is 46.9 Å². The molecule has 0 aromatic heterocycles. The van der Waals surface area contributed by atoms with Gasteiger partial charge in [0.15, 0.2) is 11.6 Å². The number of amides is 1. The molecule has 196 valence electrons. The Morgan fingerprint density at radius 3 is 2.29 bits per heavy atom. The lowest BCUT2D eigenvalue weighted by Crippen LogP contribution is -2.45. The summed E-state index contributed by atoms with van der Waals surface area (Å²) in [7, 11) is 0. The topological polar surface area (TPSA) is 131 Å². The fraction of sp³-hybridized carbons (Fsp3) is 0.565. The van der Waals surface area contributed by atoms with Gasteiger partial charge in [-0.1, -0.05) is 44.2 Å². The number of rotatable bonds is 16. The van der Waals surface area contributed by atoms with Crippen LogP contribution in [0, 0.1) is 5.92 Å². The molecule has 3 N–H and O–H groups in total. The maximum atomic E-state index is 12.6. The van der Waals surface area contributed by atoms with E-state index in [0.717, 1.165) is 5.56 Å². The van der Waals surface area contributed by atoms with Crippen LogP contribution >= 0.6 is 0 Å². The molecule has 0 aliphatic heterocycles. The van der Waals surface area contributed by atoms with E-state index in [4.69, 9.17) is 9.84 Å². The Morgan fingerprint density at radius 1 is 1.06 bits per heavy atom. The molecule has 12 heteroatoms. The molecule has 0 aliphatic carbocycles. The largest absolute Gasteiger partial charge is 0.481 e. The minimum absolute atomic E-state index is 0.00731. The van der Waals surface area contributed by atoms with Gasteiger partial charge in [0.1, 0.15) is 19.8 Å². The van der Waals surface area contributed by atoms with Crippen LogP contribution in [0.1, 0.15) is 38.7 Å². The van der Waals surface area contributed by atoms with Crippen LogP contribution in [-0.2, 0) is 30.5 Å². The van der Waals surface area contributed by atoms with Crippen molar-refractivity contribution in [1.82, 2.24) is 10.6 Å². The first-order valence-corrected chi connectivity index (χ1v) is 11.0. The number of alkyl halides is 3. The maximum absolute atomic E-state index is 12.6. The number of hydrogen-bond acceptors (Lipinski definition) is 7. The summed E-state index contributed by atoms with van der Waals surface area (Å²) in [5.74, 6) is -2.67. The second-order valence-corrected chi connectivity index (χ2v) is 8.18. The molecule has 0 radical (unpaired) electrons. The van der Waals surface area contributed by atoms with Crippen molar-refractivity contribution in [2.45, 2.75) is 58.0 Å². The molecule has 1 aromatic rings. The van der Waals surface area contributed by atoms with Gasteiger partial charge in [0.25, 0.3) is 0 Å². The van der Waals surface area contributed by atoms with Gasteiger partial charge in [-0.3, -0.25) is 14.4 Å². The molecule has 1 amide bonds. The summed E-state index contributed by atoms with van der Waals surface area (Å²) >= 11 is 0. The smallest absolute Gasteiger partial charge is 0.411 e. The van der Waals surface area contributed by atoms with Crippen LogP contribution in [0.15, 0.2) is 30.3 Å². The molecule has 9 nitrogen and oxygen atoms in total. The molecular formula is C23H31F3N2O7. The number of ketones is 2. The van der Waals surface area contributed by atoms with Gasteiger partial charge < -0.3 is 25.2 Å². The number of ether oxygens (including phenoxy) is 2. The number of alkyl carbamates (subject to hydrolysis) is 1. The van der Waals surface area contributed by atoms with Crippen LogP contribution in [0.25, 0.3) is 0 Å². The predicted octanol–water partition coefficient (Wildman–Crippen LogP) is 2.87. The molecule has 1 aromatic carbocycles. The number of hydrogen-bond donors (Lipinski definition) is 3. The van der Waals surface area contributed by atoms with Gasteiger partial charge in [0.2, 0.25) is 0 Å². The predicted molar refractivity (Wildman–Crippen MR) is 119 cm³/mol. The highest BCUT2D eigenvalue weighted by Crippen LogP contribution is 2.14. The number of halogens is 3. The van der Waals surface area contributed by atoms with Gasteiger partial charge in [-0.2, -0.15) is 13.2 Å². The number of carbonyl (C=O) groups is 4. The van der Waals surface area contributed by atoms with Crippen molar-refractivity contribution in [2.75, 3.05) is 19.8 Å². The Kier molecular flexibility index (Phi) is 13.0. The van der Waals surface area contributed by atoms with Gasteiger partial charge in [-0.15, -0.1) is 0 Å². The van der Waals surface area contributed by atoms with Crippen molar-refractivity contribution in [2.24, 2.45) is 5.92 Å². The molecule has 0 aliphatic rings. The highest BCUT2D eigenvalue weighted by molar-refractivity contribution is 5.89. The lowest BCUT2D eigenvalue weighted by molar-refractivity contribution is -0.176. The van der Waals surface area contributed by atoms with Crippen molar-refractivity contribution >= 4 is 23.6 Å². The van der Waals surface area contributed by atoms with Crippen molar-refractivity contribution in [1.29, 1.82) is 0 Å². The molecule has 35 heavy (non-hydrogen) atoms. The SMILES string of the molecule is CC(C)[C@H](NC(=O)OCc1ccccc1)C(=O)CCCN[C@@H](CC(=O)O)C(=O)COCC(F)(F)F. The second-order valence-electron chi connectivity index (χ2n) is 8.18. The molecule has 1 rings (SSSR count). The number of Topliss-reactive ketones (excluding diaryl/α,β-unsaturated/α-hetero) is 2.